The topological polar surface area (TPSA) is 36.1 Å². The third-order valence-corrected chi connectivity index (χ3v) is 3.74. The molecule has 0 amide bonds. The minimum atomic E-state index is 0.184. The van der Waals surface area contributed by atoms with E-state index >= 15 is 0 Å². The molecule has 1 N–H and O–H groups in total. The molecule has 2 rings (SSSR count). The van der Waals surface area contributed by atoms with E-state index in [9.17, 15) is 4.79 Å². The predicted octanol–water partition coefficient (Wildman–Crippen LogP) is 2.22. The molecule has 1 aromatic rings. The molecule has 0 bridgehead atoms. The third-order valence-electron chi connectivity index (χ3n) is 3.74. The fraction of sp³-hybridized carbons (Fsp3) is 0.643. The summed E-state index contributed by atoms with van der Waals surface area (Å²) in [4.78, 5) is 17.6. The van der Waals surface area contributed by atoms with Crippen molar-refractivity contribution >= 4 is 0 Å². The second-order valence-corrected chi connectivity index (χ2v) is 5.39. The van der Waals surface area contributed by atoms with Gasteiger partial charge in [-0.15, -0.1) is 0 Å². The Kier molecular flexibility index (Phi) is 3.67. The molecule has 0 aliphatic carbocycles. The van der Waals surface area contributed by atoms with Gasteiger partial charge in [-0.25, -0.2) is 0 Å². The summed E-state index contributed by atoms with van der Waals surface area (Å²) >= 11 is 0. The van der Waals surface area contributed by atoms with Crippen LogP contribution in [0.2, 0.25) is 0 Å². The summed E-state index contributed by atoms with van der Waals surface area (Å²) in [6.45, 7) is 9.27. The Balaban J connectivity index is 2.13. The zero-order valence-electron chi connectivity index (χ0n) is 11.0. The lowest BCUT2D eigenvalue weighted by Gasteiger charge is -2.31. The van der Waals surface area contributed by atoms with Gasteiger partial charge in [-0.1, -0.05) is 6.92 Å². The van der Waals surface area contributed by atoms with Gasteiger partial charge in [0.1, 0.15) is 0 Å². The normalized spacial score (nSPS) is 21.7. The molecule has 0 unspecified atom stereocenters. The lowest BCUT2D eigenvalue weighted by molar-refractivity contribution is 0.174. The average Bonchev–Trinajstić information content (AvgIpc) is 2.30. The van der Waals surface area contributed by atoms with Gasteiger partial charge in [0.05, 0.1) is 0 Å². The molecule has 1 aliphatic heterocycles. The summed E-state index contributed by atoms with van der Waals surface area (Å²) in [6, 6.07) is 0. The van der Waals surface area contributed by atoms with Gasteiger partial charge in [0.25, 0.3) is 0 Å². The zero-order valence-corrected chi connectivity index (χ0v) is 11.0. The van der Waals surface area contributed by atoms with Crippen LogP contribution >= 0.6 is 0 Å². The van der Waals surface area contributed by atoms with Gasteiger partial charge in [-0.05, 0) is 39.2 Å². The molecule has 0 radical (unpaired) electrons. The quantitative estimate of drug-likeness (QED) is 0.851. The first-order valence-corrected chi connectivity index (χ1v) is 6.48. The monoisotopic (exact) mass is 234 g/mol. The number of hydrogen-bond donors (Lipinski definition) is 1. The summed E-state index contributed by atoms with van der Waals surface area (Å²) in [5.41, 5.74) is 2.94. The number of piperidine rings is 1. The lowest BCUT2D eigenvalue weighted by atomic mass is 10.00. The molecular formula is C14H22N2O. The summed E-state index contributed by atoms with van der Waals surface area (Å²) in [5.74, 6) is 0.779. The Morgan fingerprint density at radius 1 is 1.47 bits per heavy atom. The number of nitrogens with zero attached hydrogens (tertiary/aromatic N) is 1. The minimum Gasteiger partial charge on any atom is -0.363 e. The molecule has 0 aromatic carbocycles. The van der Waals surface area contributed by atoms with Crippen LogP contribution in [0, 0.1) is 19.8 Å². The molecule has 0 spiro atoms. The zero-order chi connectivity index (χ0) is 12.4. The highest BCUT2D eigenvalue weighted by Gasteiger charge is 2.17. The summed E-state index contributed by atoms with van der Waals surface area (Å²) in [6.07, 6.45) is 4.44. The fourth-order valence-electron chi connectivity index (χ4n) is 2.62. The molecular weight excluding hydrogens is 212 g/mol. The molecule has 1 atom stereocenters. The number of aromatic nitrogens is 1. The highest BCUT2D eigenvalue weighted by molar-refractivity contribution is 5.23. The second-order valence-electron chi connectivity index (χ2n) is 5.39. The van der Waals surface area contributed by atoms with Crippen LogP contribution in [0.1, 0.15) is 36.6 Å². The maximum absolute atomic E-state index is 11.9. The number of pyridine rings is 1. The van der Waals surface area contributed by atoms with E-state index in [4.69, 9.17) is 0 Å². The van der Waals surface area contributed by atoms with Crippen molar-refractivity contribution in [2.45, 2.75) is 40.2 Å². The van der Waals surface area contributed by atoms with Gasteiger partial charge in [0.15, 0.2) is 5.43 Å². The molecule has 17 heavy (non-hydrogen) atoms. The summed E-state index contributed by atoms with van der Waals surface area (Å²) in [7, 11) is 0. The van der Waals surface area contributed by atoms with Crippen molar-refractivity contribution in [1.82, 2.24) is 9.88 Å². The minimum absolute atomic E-state index is 0.184. The van der Waals surface area contributed by atoms with E-state index in [1.54, 1.807) is 0 Å². The third kappa shape index (κ3) is 2.78. The molecule has 1 saturated heterocycles. The SMILES string of the molecule is Cc1c[nH]c(CN2CCC[C@@H](C)C2)c(C)c1=O. The van der Waals surface area contributed by atoms with Crippen LogP contribution in [0.15, 0.2) is 11.0 Å². The molecule has 2 heterocycles. The molecule has 3 nitrogen and oxygen atoms in total. The van der Waals surface area contributed by atoms with Gasteiger partial charge in [0, 0.05) is 36.1 Å². The Morgan fingerprint density at radius 2 is 2.24 bits per heavy atom. The van der Waals surface area contributed by atoms with Gasteiger partial charge in [0.2, 0.25) is 0 Å². The number of aromatic amines is 1. The van der Waals surface area contributed by atoms with Crippen LogP contribution in [-0.2, 0) is 6.54 Å². The first-order valence-electron chi connectivity index (χ1n) is 6.48. The van der Waals surface area contributed by atoms with E-state index in [-0.39, 0.29) is 5.43 Å². The van der Waals surface area contributed by atoms with E-state index in [2.05, 4.69) is 16.8 Å². The van der Waals surface area contributed by atoms with Crippen molar-refractivity contribution in [3.63, 3.8) is 0 Å². The van der Waals surface area contributed by atoms with Crippen LogP contribution < -0.4 is 5.43 Å². The standard InChI is InChI=1S/C14H22N2O/c1-10-5-4-6-16(8-10)9-13-12(3)14(17)11(2)7-15-13/h7,10H,4-6,8-9H2,1-3H3,(H,15,17)/t10-/m1/s1. The molecule has 1 aliphatic rings. The van der Waals surface area contributed by atoms with Crippen molar-refractivity contribution in [3.05, 3.63) is 33.2 Å². The Hall–Kier alpha value is -1.09. The van der Waals surface area contributed by atoms with Crippen molar-refractivity contribution in [3.8, 4) is 0 Å². The number of rotatable bonds is 2. The highest BCUT2D eigenvalue weighted by Crippen LogP contribution is 2.17. The molecule has 0 saturated carbocycles. The smallest absolute Gasteiger partial charge is 0.187 e. The first-order chi connectivity index (χ1) is 8.08. The van der Waals surface area contributed by atoms with Crippen molar-refractivity contribution in [1.29, 1.82) is 0 Å². The molecule has 3 heteroatoms. The number of aryl methyl sites for hydroxylation is 1. The summed E-state index contributed by atoms with van der Waals surface area (Å²) < 4.78 is 0. The van der Waals surface area contributed by atoms with Gasteiger partial charge < -0.3 is 4.98 Å². The molecule has 94 valence electrons. The van der Waals surface area contributed by atoms with E-state index in [0.29, 0.717) is 0 Å². The Morgan fingerprint density at radius 3 is 2.94 bits per heavy atom. The van der Waals surface area contributed by atoms with Crippen molar-refractivity contribution in [2.24, 2.45) is 5.92 Å². The Labute approximate surface area is 103 Å². The Bertz CT molecular complexity index is 450. The molecule has 1 aromatic heterocycles. The van der Waals surface area contributed by atoms with Crippen LogP contribution in [0.3, 0.4) is 0 Å². The predicted molar refractivity (Wildman–Crippen MR) is 70.2 cm³/mol. The maximum atomic E-state index is 11.9. The van der Waals surface area contributed by atoms with Gasteiger partial charge in [-0.2, -0.15) is 0 Å². The van der Waals surface area contributed by atoms with E-state index < -0.39 is 0 Å². The lowest BCUT2D eigenvalue weighted by Crippen LogP contribution is -2.34. The first kappa shape index (κ1) is 12.4. The average molecular weight is 234 g/mol. The fourth-order valence-corrected chi connectivity index (χ4v) is 2.62. The van der Waals surface area contributed by atoms with Crippen LogP contribution in [0.5, 0.6) is 0 Å². The largest absolute Gasteiger partial charge is 0.363 e. The summed E-state index contributed by atoms with van der Waals surface area (Å²) in [5, 5.41) is 0. The van der Waals surface area contributed by atoms with Crippen molar-refractivity contribution < 1.29 is 0 Å². The number of nitrogens with one attached hydrogen (secondary N) is 1. The van der Waals surface area contributed by atoms with Crippen molar-refractivity contribution in [2.75, 3.05) is 13.1 Å². The van der Waals surface area contributed by atoms with Crippen LogP contribution in [0.25, 0.3) is 0 Å². The van der Waals surface area contributed by atoms with Gasteiger partial charge >= 0.3 is 0 Å². The van der Waals surface area contributed by atoms with E-state index in [1.165, 1.54) is 12.8 Å². The molecule has 1 fully saturated rings. The van der Waals surface area contributed by atoms with E-state index in [1.807, 2.05) is 20.0 Å². The number of likely N-dealkylation sites (tertiary alicyclic amines) is 1. The van der Waals surface area contributed by atoms with Crippen LogP contribution in [0.4, 0.5) is 0 Å². The van der Waals surface area contributed by atoms with Gasteiger partial charge in [-0.3, -0.25) is 9.69 Å². The maximum Gasteiger partial charge on any atom is 0.187 e. The number of H-pyrrole nitrogens is 1. The second kappa shape index (κ2) is 5.05. The highest BCUT2D eigenvalue weighted by atomic mass is 16.1. The van der Waals surface area contributed by atoms with Crippen LogP contribution in [-0.4, -0.2) is 23.0 Å². The number of hydrogen-bond acceptors (Lipinski definition) is 2. The van der Waals surface area contributed by atoms with E-state index in [0.717, 1.165) is 42.4 Å².